The van der Waals surface area contributed by atoms with Crippen molar-refractivity contribution in [3.05, 3.63) is 36.0 Å². The van der Waals surface area contributed by atoms with E-state index in [1.807, 2.05) is 18.3 Å². The molecule has 1 aliphatic heterocycles. The normalized spacial score (nSPS) is 19.9. The first kappa shape index (κ1) is 11.5. The van der Waals surface area contributed by atoms with E-state index in [9.17, 15) is 0 Å². The molecule has 1 saturated heterocycles. The highest BCUT2D eigenvalue weighted by atomic mass is 16.5. The number of benzene rings is 1. The third-order valence-corrected chi connectivity index (χ3v) is 3.68. The van der Waals surface area contributed by atoms with Gasteiger partial charge in [-0.25, -0.2) is 0 Å². The van der Waals surface area contributed by atoms with Crippen LogP contribution in [0.4, 0.5) is 0 Å². The summed E-state index contributed by atoms with van der Waals surface area (Å²) >= 11 is 0. The minimum atomic E-state index is 0.599. The van der Waals surface area contributed by atoms with E-state index in [2.05, 4.69) is 22.4 Å². The Morgan fingerprint density at radius 1 is 1.39 bits per heavy atom. The smallest absolute Gasteiger partial charge is 0.145 e. The molecule has 3 rings (SSSR count). The summed E-state index contributed by atoms with van der Waals surface area (Å²) in [6.45, 7) is 2.21. The van der Waals surface area contributed by atoms with Crippen LogP contribution < -0.4 is 10.1 Å². The van der Waals surface area contributed by atoms with Crippen LogP contribution in [0.25, 0.3) is 10.9 Å². The second kappa shape index (κ2) is 4.94. The Labute approximate surface area is 107 Å². The number of fused-ring (bicyclic) bond motifs is 1. The number of para-hydroxylation sites is 1. The van der Waals surface area contributed by atoms with Crippen LogP contribution in [-0.4, -0.2) is 25.2 Å². The lowest BCUT2D eigenvalue weighted by Crippen LogP contribution is -2.28. The van der Waals surface area contributed by atoms with Crippen molar-refractivity contribution in [3.8, 4) is 5.75 Å². The molecule has 2 aromatic rings. The van der Waals surface area contributed by atoms with E-state index in [0.29, 0.717) is 5.92 Å². The van der Waals surface area contributed by atoms with Gasteiger partial charge in [0.15, 0.2) is 0 Å². The molecule has 0 bridgehead atoms. The highest BCUT2D eigenvalue weighted by Gasteiger charge is 2.16. The number of methoxy groups -OCH3 is 1. The van der Waals surface area contributed by atoms with Crippen LogP contribution in [0, 0.1) is 0 Å². The zero-order valence-corrected chi connectivity index (χ0v) is 10.6. The predicted molar refractivity (Wildman–Crippen MR) is 73.1 cm³/mol. The maximum atomic E-state index is 5.34. The molecule has 94 valence electrons. The first-order valence-electron chi connectivity index (χ1n) is 6.52. The highest BCUT2D eigenvalue weighted by Crippen LogP contribution is 2.28. The van der Waals surface area contributed by atoms with Crippen molar-refractivity contribution in [3.63, 3.8) is 0 Å². The third-order valence-electron chi connectivity index (χ3n) is 3.68. The lowest BCUT2D eigenvalue weighted by molar-refractivity contribution is 0.419. The van der Waals surface area contributed by atoms with Crippen molar-refractivity contribution < 1.29 is 4.74 Å². The molecule has 1 fully saturated rings. The summed E-state index contributed by atoms with van der Waals surface area (Å²) in [5.41, 5.74) is 2.29. The van der Waals surface area contributed by atoms with E-state index >= 15 is 0 Å². The zero-order chi connectivity index (χ0) is 12.4. The largest absolute Gasteiger partial charge is 0.494 e. The Kier molecular flexibility index (Phi) is 3.15. The van der Waals surface area contributed by atoms with E-state index < -0.39 is 0 Å². The molecule has 1 N–H and O–H groups in total. The van der Waals surface area contributed by atoms with Crippen molar-refractivity contribution in [2.45, 2.75) is 18.8 Å². The van der Waals surface area contributed by atoms with Gasteiger partial charge in [0.1, 0.15) is 11.3 Å². The molecule has 0 aliphatic carbocycles. The quantitative estimate of drug-likeness (QED) is 0.879. The maximum absolute atomic E-state index is 5.34. The summed E-state index contributed by atoms with van der Waals surface area (Å²) in [6.07, 6.45) is 4.51. The van der Waals surface area contributed by atoms with Crippen molar-refractivity contribution in [2.24, 2.45) is 0 Å². The maximum Gasteiger partial charge on any atom is 0.145 e. The van der Waals surface area contributed by atoms with Crippen LogP contribution >= 0.6 is 0 Å². The van der Waals surface area contributed by atoms with E-state index in [-0.39, 0.29) is 0 Å². The van der Waals surface area contributed by atoms with Crippen LogP contribution in [0.2, 0.25) is 0 Å². The molecule has 3 heteroatoms. The summed E-state index contributed by atoms with van der Waals surface area (Å²) in [7, 11) is 1.69. The monoisotopic (exact) mass is 242 g/mol. The standard InChI is InChI=1S/C15H18N2O/c1-18-14-6-2-4-11-8-13(10-17-15(11)14)12-5-3-7-16-9-12/h2,4,6,8,10,12,16H,3,5,7,9H2,1H3. The molecule has 0 amide bonds. The first-order chi connectivity index (χ1) is 8.88. The number of hydrogen-bond donors (Lipinski definition) is 1. The van der Waals surface area contributed by atoms with E-state index in [1.165, 1.54) is 18.4 Å². The van der Waals surface area contributed by atoms with Crippen LogP contribution in [-0.2, 0) is 0 Å². The fourth-order valence-corrected chi connectivity index (χ4v) is 2.67. The van der Waals surface area contributed by atoms with Gasteiger partial charge in [0, 0.05) is 18.1 Å². The molecule has 0 spiro atoms. The average Bonchev–Trinajstić information content (AvgIpc) is 2.47. The molecular formula is C15H18N2O. The van der Waals surface area contributed by atoms with Crippen molar-refractivity contribution in [2.75, 3.05) is 20.2 Å². The van der Waals surface area contributed by atoms with Crippen LogP contribution in [0.5, 0.6) is 5.75 Å². The fourth-order valence-electron chi connectivity index (χ4n) is 2.67. The van der Waals surface area contributed by atoms with Crippen LogP contribution in [0.15, 0.2) is 30.5 Å². The Balaban J connectivity index is 2.00. The van der Waals surface area contributed by atoms with E-state index in [1.54, 1.807) is 7.11 Å². The van der Waals surface area contributed by atoms with Gasteiger partial charge in [-0.2, -0.15) is 0 Å². The van der Waals surface area contributed by atoms with Crippen molar-refractivity contribution in [1.82, 2.24) is 10.3 Å². The number of piperidine rings is 1. The summed E-state index contributed by atoms with van der Waals surface area (Å²) in [5.74, 6) is 1.45. The summed E-state index contributed by atoms with van der Waals surface area (Å²) in [4.78, 5) is 4.57. The predicted octanol–water partition coefficient (Wildman–Crippen LogP) is 2.71. The number of nitrogens with one attached hydrogen (secondary N) is 1. The molecule has 18 heavy (non-hydrogen) atoms. The van der Waals surface area contributed by atoms with Gasteiger partial charge in [-0.3, -0.25) is 4.98 Å². The lowest BCUT2D eigenvalue weighted by atomic mass is 9.92. The molecule has 1 atom stereocenters. The van der Waals surface area contributed by atoms with Gasteiger partial charge in [0.05, 0.1) is 7.11 Å². The minimum Gasteiger partial charge on any atom is -0.494 e. The number of hydrogen-bond acceptors (Lipinski definition) is 3. The number of aromatic nitrogens is 1. The van der Waals surface area contributed by atoms with Crippen LogP contribution in [0.1, 0.15) is 24.3 Å². The van der Waals surface area contributed by atoms with Gasteiger partial charge in [-0.05, 0) is 43.0 Å². The molecule has 0 radical (unpaired) electrons. The third kappa shape index (κ3) is 2.06. The van der Waals surface area contributed by atoms with Crippen LogP contribution in [0.3, 0.4) is 0 Å². The number of pyridine rings is 1. The van der Waals surface area contributed by atoms with Gasteiger partial charge < -0.3 is 10.1 Å². The fraction of sp³-hybridized carbons (Fsp3) is 0.400. The summed E-state index contributed by atoms with van der Waals surface area (Å²) in [5, 5.41) is 4.62. The second-order valence-corrected chi connectivity index (χ2v) is 4.84. The number of nitrogens with zero attached hydrogens (tertiary/aromatic N) is 1. The number of ether oxygens (including phenoxy) is 1. The molecule has 1 unspecified atom stereocenters. The average molecular weight is 242 g/mol. The highest BCUT2D eigenvalue weighted by molar-refractivity contribution is 5.84. The molecule has 1 aromatic heterocycles. The molecule has 3 nitrogen and oxygen atoms in total. The van der Waals surface area contributed by atoms with E-state index in [4.69, 9.17) is 4.74 Å². The van der Waals surface area contributed by atoms with Gasteiger partial charge in [0.2, 0.25) is 0 Å². The number of rotatable bonds is 2. The zero-order valence-electron chi connectivity index (χ0n) is 10.6. The van der Waals surface area contributed by atoms with E-state index in [0.717, 1.165) is 29.7 Å². The topological polar surface area (TPSA) is 34.1 Å². The lowest BCUT2D eigenvalue weighted by Gasteiger charge is -2.23. The Morgan fingerprint density at radius 3 is 3.11 bits per heavy atom. The summed E-state index contributed by atoms with van der Waals surface area (Å²) in [6, 6.07) is 8.33. The SMILES string of the molecule is COc1cccc2cc(C3CCCNC3)cnc12. The molecule has 2 heterocycles. The van der Waals surface area contributed by atoms with Crippen molar-refractivity contribution in [1.29, 1.82) is 0 Å². The Hall–Kier alpha value is -1.61. The first-order valence-corrected chi connectivity index (χ1v) is 6.52. The molecular weight excluding hydrogens is 224 g/mol. The summed E-state index contributed by atoms with van der Waals surface area (Å²) < 4.78 is 5.34. The molecule has 1 aliphatic rings. The Bertz CT molecular complexity index is 547. The van der Waals surface area contributed by atoms with Crippen molar-refractivity contribution >= 4 is 10.9 Å². The molecule has 1 aromatic carbocycles. The van der Waals surface area contributed by atoms with Gasteiger partial charge in [0.25, 0.3) is 0 Å². The minimum absolute atomic E-state index is 0.599. The molecule has 0 saturated carbocycles. The Morgan fingerprint density at radius 2 is 2.33 bits per heavy atom. The van der Waals surface area contributed by atoms with Gasteiger partial charge in [-0.15, -0.1) is 0 Å². The van der Waals surface area contributed by atoms with Gasteiger partial charge >= 0.3 is 0 Å². The van der Waals surface area contributed by atoms with Gasteiger partial charge in [-0.1, -0.05) is 12.1 Å². The second-order valence-electron chi connectivity index (χ2n) is 4.84.